The van der Waals surface area contributed by atoms with E-state index in [4.69, 9.17) is 9.66 Å². The minimum Gasteiger partial charge on any atom is -0.872 e. The molecule has 1 aromatic rings. The average Bonchev–Trinajstić information content (AvgIpc) is 2.25. The van der Waals surface area contributed by atoms with Crippen molar-refractivity contribution in [2.45, 2.75) is 17.9 Å². The molecule has 0 fully saturated rings. The zero-order valence-electron chi connectivity index (χ0n) is 10.3. The van der Waals surface area contributed by atoms with Crippen LogP contribution in [0.4, 0.5) is 0 Å². The van der Waals surface area contributed by atoms with Gasteiger partial charge in [-0.05, 0) is 24.6 Å². The number of hydrogen-bond donors (Lipinski definition) is 2. The first kappa shape index (κ1) is 18.1. The Kier molecular flexibility index (Phi) is 6.67. The number of aliphatic imine (C=N–C) groups is 1. The third kappa shape index (κ3) is 5.29. The molecule has 2 N–H and O–H groups in total. The van der Waals surface area contributed by atoms with E-state index in [-0.39, 0.29) is 35.1 Å². The molecule has 9 heteroatoms. The van der Waals surface area contributed by atoms with E-state index in [0.29, 0.717) is 0 Å². The Morgan fingerprint density at radius 2 is 2.05 bits per heavy atom. The van der Waals surface area contributed by atoms with Crippen LogP contribution in [0.2, 0.25) is 0 Å². The minimum atomic E-state index is -4.41. The summed E-state index contributed by atoms with van der Waals surface area (Å²) in [6.45, 7) is 1.30. The summed E-state index contributed by atoms with van der Waals surface area (Å²) in [5.74, 6) is -1.70. The van der Waals surface area contributed by atoms with Gasteiger partial charge in [0.05, 0.1) is 4.90 Å². The Hall–Kier alpha value is -0.930. The van der Waals surface area contributed by atoms with Gasteiger partial charge in [-0.15, -0.1) is 0 Å². The van der Waals surface area contributed by atoms with Crippen molar-refractivity contribution >= 4 is 22.3 Å². The predicted octanol–water partition coefficient (Wildman–Crippen LogP) is -3.10. The van der Waals surface area contributed by atoms with E-state index >= 15 is 0 Å². The fourth-order valence-electron chi connectivity index (χ4n) is 1.04. The largest absolute Gasteiger partial charge is 1.00 e. The Labute approximate surface area is 132 Å². The van der Waals surface area contributed by atoms with Gasteiger partial charge in [-0.1, -0.05) is 11.8 Å². The number of nitrogens with zero attached hydrogens (tertiary/aromatic N) is 1. The summed E-state index contributed by atoms with van der Waals surface area (Å²) >= 11 is 0. The molecule has 7 nitrogen and oxygen atoms in total. The molecular formula is C10H10NNaO6S. The molecule has 0 aromatic heterocycles. The SMILES string of the molecule is C[C@H](N=Cc1cc(S(=O)(=O)O)ccc1[O-])C(=O)O.[Na+]. The van der Waals surface area contributed by atoms with Gasteiger partial charge in [0.15, 0.2) is 0 Å². The van der Waals surface area contributed by atoms with Gasteiger partial charge in [-0.25, -0.2) is 4.79 Å². The van der Waals surface area contributed by atoms with Crippen LogP contribution in [0.15, 0.2) is 28.1 Å². The number of carboxylic acid groups (broad SMARTS) is 1. The summed E-state index contributed by atoms with van der Waals surface area (Å²) in [4.78, 5) is 13.6. The van der Waals surface area contributed by atoms with Crippen LogP contribution in [0.25, 0.3) is 0 Å². The summed E-state index contributed by atoms with van der Waals surface area (Å²) in [5.41, 5.74) is -0.113. The molecule has 0 bridgehead atoms. The van der Waals surface area contributed by atoms with Crippen molar-refractivity contribution in [2.75, 3.05) is 0 Å². The van der Waals surface area contributed by atoms with Crippen LogP contribution >= 0.6 is 0 Å². The monoisotopic (exact) mass is 295 g/mol. The van der Waals surface area contributed by atoms with Crippen LogP contribution in [0.3, 0.4) is 0 Å². The Bertz CT molecular complexity index is 598. The van der Waals surface area contributed by atoms with Gasteiger partial charge in [0, 0.05) is 6.21 Å². The quantitative estimate of drug-likeness (QED) is 0.344. The Balaban J connectivity index is 0.00000324. The van der Waals surface area contributed by atoms with Crippen LogP contribution in [0.5, 0.6) is 5.75 Å². The van der Waals surface area contributed by atoms with Gasteiger partial charge < -0.3 is 10.2 Å². The number of benzene rings is 1. The number of rotatable bonds is 4. The van der Waals surface area contributed by atoms with E-state index in [2.05, 4.69) is 4.99 Å². The van der Waals surface area contributed by atoms with Crippen molar-refractivity contribution in [1.29, 1.82) is 0 Å². The molecule has 0 aliphatic heterocycles. The molecule has 1 aromatic carbocycles. The average molecular weight is 295 g/mol. The second kappa shape index (κ2) is 7.01. The topological polar surface area (TPSA) is 127 Å². The maximum atomic E-state index is 11.4. The van der Waals surface area contributed by atoms with E-state index < -0.39 is 32.8 Å². The fraction of sp³-hybridized carbons (Fsp3) is 0.200. The van der Waals surface area contributed by atoms with Crippen LogP contribution in [-0.2, 0) is 14.9 Å². The molecule has 0 radical (unpaired) electrons. The zero-order chi connectivity index (χ0) is 13.9. The van der Waals surface area contributed by atoms with Gasteiger partial charge in [-0.3, -0.25) is 9.55 Å². The third-order valence-electron chi connectivity index (χ3n) is 2.07. The van der Waals surface area contributed by atoms with Crippen molar-refractivity contribution < 1.29 is 57.5 Å². The molecule has 19 heavy (non-hydrogen) atoms. The standard InChI is InChI=1S/C10H11NO6S.Na/c1-6(10(13)14)11-5-7-4-8(18(15,16)17)2-3-9(7)12;/h2-6,12H,1H3,(H,13,14)(H,15,16,17);/q;+1/p-1/t6-;/m0./s1. The molecule has 0 saturated carbocycles. The number of carbonyl (C=O) groups is 1. The molecule has 98 valence electrons. The predicted molar refractivity (Wildman–Crippen MR) is 60.4 cm³/mol. The maximum Gasteiger partial charge on any atom is 1.00 e. The van der Waals surface area contributed by atoms with E-state index in [9.17, 15) is 18.3 Å². The number of aliphatic carboxylic acids is 1. The second-order valence-electron chi connectivity index (χ2n) is 3.47. The molecule has 1 atom stereocenters. The molecule has 0 amide bonds. The normalized spacial score (nSPS) is 12.9. The molecule has 0 saturated heterocycles. The van der Waals surface area contributed by atoms with Gasteiger partial charge in [-0.2, -0.15) is 8.42 Å². The summed E-state index contributed by atoms with van der Waals surface area (Å²) < 4.78 is 30.5. The molecule has 0 aliphatic carbocycles. The van der Waals surface area contributed by atoms with Crippen molar-refractivity contribution in [1.82, 2.24) is 0 Å². The number of hydrogen-bond acceptors (Lipinski definition) is 5. The summed E-state index contributed by atoms with van der Waals surface area (Å²) in [5, 5.41) is 20.0. The molecule has 1 rings (SSSR count). The van der Waals surface area contributed by atoms with Crippen LogP contribution in [0.1, 0.15) is 12.5 Å². The van der Waals surface area contributed by atoms with Gasteiger partial charge in [0.1, 0.15) is 6.04 Å². The molecule has 0 unspecified atom stereocenters. The van der Waals surface area contributed by atoms with E-state index in [0.717, 1.165) is 24.4 Å². The summed E-state index contributed by atoms with van der Waals surface area (Å²) in [6, 6.07) is 1.78. The molecule has 0 heterocycles. The van der Waals surface area contributed by atoms with Gasteiger partial charge in [0.25, 0.3) is 10.1 Å². The van der Waals surface area contributed by atoms with E-state index in [1.807, 2.05) is 0 Å². The van der Waals surface area contributed by atoms with Crippen molar-refractivity contribution in [2.24, 2.45) is 4.99 Å². The molecule has 0 aliphatic rings. The van der Waals surface area contributed by atoms with Crippen molar-refractivity contribution in [3.63, 3.8) is 0 Å². The van der Waals surface area contributed by atoms with Gasteiger partial charge in [0.2, 0.25) is 0 Å². The number of carboxylic acids is 1. The first-order valence-electron chi connectivity index (χ1n) is 4.76. The molecular weight excluding hydrogens is 285 g/mol. The smallest absolute Gasteiger partial charge is 0.872 e. The fourth-order valence-corrected chi connectivity index (χ4v) is 1.56. The van der Waals surface area contributed by atoms with Crippen molar-refractivity contribution in [3.05, 3.63) is 23.8 Å². The summed E-state index contributed by atoms with van der Waals surface area (Å²) in [6.07, 6.45) is 0.968. The van der Waals surface area contributed by atoms with Gasteiger partial charge >= 0.3 is 35.5 Å². The Morgan fingerprint density at radius 3 is 2.53 bits per heavy atom. The van der Waals surface area contributed by atoms with E-state index in [1.165, 1.54) is 6.92 Å². The van der Waals surface area contributed by atoms with Crippen molar-refractivity contribution in [3.8, 4) is 5.75 Å². The first-order chi connectivity index (χ1) is 8.21. The molecule has 0 spiro atoms. The second-order valence-corrected chi connectivity index (χ2v) is 4.89. The third-order valence-corrected chi connectivity index (χ3v) is 2.92. The first-order valence-corrected chi connectivity index (χ1v) is 6.20. The van der Waals surface area contributed by atoms with E-state index in [1.54, 1.807) is 0 Å². The Morgan fingerprint density at radius 1 is 1.47 bits per heavy atom. The maximum absolute atomic E-state index is 11.4. The summed E-state index contributed by atoms with van der Waals surface area (Å²) in [7, 11) is -4.41. The zero-order valence-corrected chi connectivity index (χ0v) is 13.1. The minimum absolute atomic E-state index is 0. The van der Waals surface area contributed by atoms with Crippen LogP contribution < -0.4 is 34.7 Å². The van der Waals surface area contributed by atoms with Crippen LogP contribution in [0, 0.1) is 0 Å². The van der Waals surface area contributed by atoms with Crippen LogP contribution in [-0.4, -0.2) is 36.3 Å².